The van der Waals surface area contributed by atoms with Gasteiger partial charge < -0.3 is 10.6 Å². The molecule has 1 aromatic heterocycles. The lowest BCUT2D eigenvalue weighted by atomic mass is 9.86. The summed E-state index contributed by atoms with van der Waals surface area (Å²) in [5.41, 5.74) is 3.72. The van der Waals surface area contributed by atoms with Gasteiger partial charge in [0.1, 0.15) is 0 Å². The maximum atomic E-state index is 12.4. The maximum absolute atomic E-state index is 12.4. The van der Waals surface area contributed by atoms with E-state index < -0.39 is 0 Å². The normalized spacial score (nSPS) is 11.3. The van der Waals surface area contributed by atoms with E-state index >= 15 is 0 Å². The number of nitrogens with zero attached hydrogens (tertiary/aromatic N) is 1. The average molecular weight is 333 g/mol. The van der Waals surface area contributed by atoms with Crippen molar-refractivity contribution in [3.05, 3.63) is 66.4 Å². The molecule has 0 saturated carbocycles. The number of anilines is 2. The average Bonchev–Trinajstić information content (AvgIpc) is 2.60. The predicted octanol–water partition coefficient (Wildman–Crippen LogP) is 4.58. The van der Waals surface area contributed by atoms with Gasteiger partial charge in [0, 0.05) is 17.3 Å². The standard InChI is InChI=1S/C21H23N3O/c1-21(2,3)16-10-4-5-11-17(16)23-14-19(25)24-18-12-6-8-15-9-7-13-22-20(15)18/h4-13,23H,14H2,1-3H3,(H,24,25). The zero-order valence-electron chi connectivity index (χ0n) is 14.8. The van der Waals surface area contributed by atoms with E-state index in [1.165, 1.54) is 5.56 Å². The molecular formula is C21H23N3O. The predicted molar refractivity (Wildman–Crippen MR) is 104 cm³/mol. The van der Waals surface area contributed by atoms with Crippen LogP contribution in [0.5, 0.6) is 0 Å². The molecule has 2 N–H and O–H groups in total. The van der Waals surface area contributed by atoms with Crippen LogP contribution in [0, 0.1) is 0 Å². The lowest BCUT2D eigenvalue weighted by Crippen LogP contribution is -2.23. The summed E-state index contributed by atoms with van der Waals surface area (Å²) in [5.74, 6) is -0.0955. The Kier molecular flexibility index (Phi) is 4.70. The number of benzene rings is 2. The van der Waals surface area contributed by atoms with Crippen molar-refractivity contribution in [3.63, 3.8) is 0 Å². The monoisotopic (exact) mass is 333 g/mol. The second-order valence-corrected chi connectivity index (χ2v) is 7.08. The number of para-hydroxylation sites is 2. The van der Waals surface area contributed by atoms with Crippen molar-refractivity contribution in [2.75, 3.05) is 17.2 Å². The first-order chi connectivity index (χ1) is 11.9. The van der Waals surface area contributed by atoms with Crippen molar-refractivity contribution in [2.45, 2.75) is 26.2 Å². The summed E-state index contributed by atoms with van der Waals surface area (Å²) in [6.45, 7) is 6.69. The van der Waals surface area contributed by atoms with Crippen LogP contribution >= 0.6 is 0 Å². The number of carbonyl (C=O) groups excluding carboxylic acids is 1. The molecule has 0 radical (unpaired) electrons. The molecule has 0 aliphatic carbocycles. The summed E-state index contributed by atoms with van der Waals surface area (Å²) in [6, 6.07) is 17.7. The largest absolute Gasteiger partial charge is 0.376 e. The molecule has 0 fully saturated rings. The number of carbonyl (C=O) groups is 1. The molecule has 4 nitrogen and oxygen atoms in total. The van der Waals surface area contributed by atoms with Crippen molar-refractivity contribution < 1.29 is 4.79 Å². The minimum atomic E-state index is -0.0955. The molecule has 3 rings (SSSR count). The van der Waals surface area contributed by atoms with Crippen LogP contribution in [-0.2, 0) is 10.2 Å². The van der Waals surface area contributed by atoms with E-state index in [2.05, 4.69) is 42.5 Å². The van der Waals surface area contributed by atoms with Crippen LogP contribution < -0.4 is 10.6 Å². The van der Waals surface area contributed by atoms with E-state index in [4.69, 9.17) is 0 Å². The third kappa shape index (κ3) is 3.97. The molecule has 0 bridgehead atoms. The highest BCUT2D eigenvalue weighted by Crippen LogP contribution is 2.29. The maximum Gasteiger partial charge on any atom is 0.243 e. The van der Waals surface area contributed by atoms with E-state index in [1.54, 1.807) is 6.20 Å². The molecule has 3 aromatic rings. The molecule has 1 amide bonds. The Morgan fingerprint density at radius 1 is 0.960 bits per heavy atom. The Labute approximate surface area is 148 Å². The van der Waals surface area contributed by atoms with Gasteiger partial charge in [-0.2, -0.15) is 0 Å². The van der Waals surface area contributed by atoms with Crippen LogP contribution in [0.15, 0.2) is 60.8 Å². The number of hydrogen-bond donors (Lipinski definition) is 2. The van der Waals surface area contributed by atoms with Crippen LogP contribution in [0.3, 0.4) is 0 Å². The molecule has 0 unspecified atom stereocenters. The minimum absolute atomic E-state index is 0.0135. The summed E-state index contributed by atoms with van der Waals surface area (Å²) in [5, 5.41) is 7.21. The Bertz CT molecular complexity index is 892. The van der Waals surface area contributed by atoms with Crippen LogP contribution in [-0.4, -0.2) is 17.4 Å². The fourth-order valence-corrected chi connectivity index (χ4v) is 2.87. The zero-order valence-corrected chi connectivity index (χ0v) is 14.8. The van der Waals surface area contributed by atoms with E-state index in [9.17, 15) is 4.79 Å². The summed E-state index contributed by atoms with van der Waals surface area (Å²) in [4.78, 5) is 16.8. The van der Waals surface area contributed by atoms with Gasteiger partial charge >= 0.3 is 0 Å². The van der Waals surface area contributed by atoms with E-state index in [1.807, 2.05) is 48.5 Å². The molecule has 128 valence electrons. The van der Waals surface area contributed by atoms with Gasteiger partial charge in [0.25, 0.3) is 0 Å². The number of aromatic nitrogens is 1. The fourth-order valence-electron chi connectivity index (χ4n) is 2.87. The molecule has 25 heavy (non-hydrogen) atoms. The Hall–Kier alpha value is -2.88. The number of hydrogen-bond acceptors (Lipinski definition) is 3. The van der Waals surface area contributed by atoms with E-state index in [0.29, 0.717) is 0 Å². The van der Waals surface area contributed by atoms with Crippen LogP contribution in [0.2, 0.25) is 0 Å². The van der Waals surface area contributed by atoms with Crippen molar-refractivity contribution in [3.8, 4) is 0 Å². The highest BCUT2D eigenvalue weighted by Gasteiger charge is 2.17. The minimum Gasteiger partial charge on any atom is -0.376 e. The number of nitrogens with one attached hydrogen (secondary N) is 2. The summed E-state index contributed by atoms with van der Waals surface area (Å²) < 4.78 is 0. The summed E-state index contributed by atoms with van der Waals surface area (Å²) >= 11 is 0. The topological polar surface area (TPSA) is 54.0 Å². The van der Waals surface area contributed by atoms with Gasteiger partial charge in [-0.15, -0.1) is 0 Å². The zero-order chi connectivity index (χ0) is 17.9. The first kappa shape index (κ1) is 17.0. The molecule has 2 aromatic carbocycles. The third-order valence-electron chi connectivity index (χ3n) is 4.08. The molecular weight excluding hydrogens is 310 g/mol. The number of fused-ring (bicyclic) bond motifs is 1. The fraction of sp³-hybridized carbons (Fsp3) is 0.238. The van der Waals surface area contributed by atoms with Gasteiger partial charge in [0.2, 0.25) is 5.91 Å². The van der Waals surface area contributed by atoms with Gasteiger partial charge in [-0.05, 0) is 29.2 Å². The van der Waals surface area contributed by atoms with Crippen LogP contribution in [0.1, 0.15) is 26.3 Å². The Morgan fingerprint density at radius 2 is 1.68 bits per heavy atom. The number of amides is 1. The number of pyridine rings is 1. The molecule has 0 aliphatic heterocycles. The van der Waals surface area contributed by atoms with Crippen molar-refractivity contribution >= 4 is 28.2 Å². The van der Waals surface area contributed by atoms with Gasteiger partial charge in [-0.1, -0.05) is 57.2 Å². The molecule has 0 spiro atoms. The molecule has 0 atom stereocenters. The third-order valence-corrected chi connectivity index (χ3v) is 4.08. The first-order valence-electron chi connectivity index (χ1n) is 8.42. The second kappa shape index (κ2) is 6.93. The molecule has 0 saturated heterocycles. The Balaban J connectivity index is 1.72. The van der Waals surface area contributed by atoms with Crippen LogP contribution in [0.4, 0.5) is 11.4 Å². The summed E-state index contributed by atoms with van der Waals surface area (Å²) in [6.07, 6.45) is 1.73. The summed E-state index contributed by atoms with van der Waals surface area (Å²) in [7, 11) is 0. The second-order valence-electron chi connectivity index (χ2n) is 7.08. The highest BCUT2D eigenvalue weighted by molar-refractivity contribution is 6.01. The van der Waals surface area contributed by atoms with Crippen molar-refractivity contribution in [1.82, 2.24) is 4.98 Å². The van der Waals surface area contributed by atoms with Crippen LogP contribution in [0.25, 0.3) is 10.9 Å². The molecule has 0 aliphatic rings. The highest BCUT2D eigenvalue weighted by atomic mass is 16.1. The van der Waals surface area contributed by atoms with Gasteiger partial charge in [0.15, 0.2) is 0 Å². The molecule has 4 heteroatoms. The Morgan fingerprint density at radius 3 is 2.48 bits per heavy atom. The lowest BCUT2D eigenvalue weighted by molar-refractivity contribution is -0.114. The van der Waals surface area contributed by atoms with Gasteiger partial charge in [0.05, 0.1) is 17.7 Å². The van der Waals surface area contributed by atoms with E-state index in [-0.39, 0.29) is 17.9 Å². The van der Waals surface area contributed by atoms with Gasteiger partial charge in [-0.25, -0.2) is 0 Å². The van der Waals surface area contributed by atoms with E-state index in [0.717, 1.165) is 22.3 Å². The first-order valence-corrected chi connectivity index (χ1v) is 8.42. The van der Waals surface area contributed by atoms with Gasteiger partial charge in [-0.3, -0.25) is 9.78 Å². The quantitative estimate of drug-likeness (QED) is 0.734. The van der Waals surface area contributed by atoms with Crippen molar-refractivity contribution in [2.24, 2.45) is 0 Å². The molecule has 1 heterocycles. The smallest absolute Gasteiger partial charge is 0.243 e. The van der Waals surface area contributed by atoms with Crippen molar-refractivity contribution in [1.29, 1.82) is 0 Å². The lowest BCUT2D eigenvalue weighted by Gasteiger charge is -2.23. The SMILES string of the molecule is CC(C)(C)c1ccccc1NCC(=O)Nc1cccc2cccnc12. The number of rotatable bonds is 4.